The van der Waals surface area contributed by atoms with Crippen LogP contribution in [0.4, 0.5) is 31.9 Å². The standard InChI is InChI=1S/C12H11F2N5O4/c1-22-6-3-7(23-2)9(14)10(8(6)13)17-12-16-4-5(19(20)21)11(15)18-12/h3-4H,1-2H3,(H3,15,16,17,18). The molecule has 0 unspecified atom stereocenters. The summed E-state index contributed by atoms with van der Waals surface area (Å²) < 4.78 is 37.9. The zero-order valence-corrected chi connectivity index (χ0v) is 12.0. The van der Waals surface area contributed by atoms with Crippen LogP contribution in [0.25, 0.3) is 0 Å². The molecule has 0 saturated carbocycles. The van der Waals surface area contributed by atoms with Gasteiger partial charge < -0.3 is 20.5 Å². The van der Waals surface area contributed by atoms with Gasteiger partial charge in [-0.05, 0) is 0 Å². The predicted octanol–water partition coefficient (Wildman–Crippen LogP) is 2.01. The Morgan fingerprint density at radius 2 is 1.83 bits per heavy atom. The summed E-state index contributed by atoms with van der Waals surface area (Å²) in [6.07, 6.45) is 0.817. The number of rotatable bonds is 5. The molecule has 0 atom stereocenters. The largest absolute Gasteiger partial charge is 0.493 e. The molecule has 11 heteroatoms. The highest BCUT2D eigenvalue weighted by Crippen LogP contribution is 2.36. The molecular formula is C12H11F2N5O4. The minimum Gasteiger partial charge on any atom is -0.493 e. The first-order valence-electron chi connectivity index (χ1n) is 6.03. The van der Waals surface area contributed by atoms with Gasteiger partial charge in [0.15, 0.2) is 23.1 Å². The maximum absolute atomic E-state index is 14.2. The first kappa shape index (κ1) is 16.1. The topological polar surface area (TPSA) is 125 Å². The van der Waals surface area contributed by atoms with E-state index in [-0.39, 0.29) is 17.4 Å². The molecule has 2 aromatic rings. The highest BCUT2D eigenvalue weighted by Gasteiger charge is 2.22. The lowest BCUT2D eigenvalue weighted by molar-refractivity contribution is -0.384. The summed E-state index contributed by atoms with van der Waals surface area (Å²) in [5, 5.41) is 12.9. The quantitative estimate of drug-likeness (QED) is 0.631. The molecule has 0 saturated heterocycles. The highest BCUT2D eigenvalue weighted by molar-refractivity contribution is 5.64. The van der Waals surface area contributed by atoms with Gasteiger partial charge in [-0.2, -0.15) is 4.98 Å². The van der Waals surface area contributed by atoms with Crippen molar-refractivity contribution in [2.24, 2.45) is 0 Å². The Balaban J connectivity index is 2.47. The lowest BCUT2D eigenvalue weighted by Gasteiger charge is -2.13. The van der Waals surface area contributed by atoms with Crippen molar-refractivity contribution in [2.75, 3.05) is 25.3 Å². The van der Waals surface area contributed by atoms with Crippen LogP contribution in [0.1, 0.15) is 0 Å². The molecule has 9 nitrogen and oxygen atoms in total. The van der Waals surface area contributed by atoms with Gasteiger partial charge in [0, 0.05) is 6.07 Å². The van der Waals surface area contributed by atoms with Gasteiger partial charge in [-0.25, -0.2) is 13.8 Å². The van der Waals surface area contributed by atoms with Gasteiger partial charge in [0.1, 0.15) is 11.9 Å². The Hall–Kier alpha value is -3.24. The molecule has 0 radical (unpaired) electrons. The van der Waals surface area contributed by atoms with Crippen LogP contribution in [0.3, 0.4) is 0 Å². The minimum atomic E-state index is -1.05. The molecular weight excluding hydrogens is 316 g/mol. The van der Waals surface area contributed by atoms with Gasteiger partial charge in [-0.1, -0.05) is 0 Å². The van der Waals surface area contributed by atoms with E-state index in [9.17, 15) is 18.9 Å². The van der Waals surface area contributed by atoms with E-state index >= 15 is 0 Å². The van der Waals surface area contributed by atoms with Crippen molar-refractivity contribution in [1.29, 1.82) is 0 Å². The van der Waals surface area contributed by atoms with Crippen LogP contribution in [-0.2, 0) is 0 Å². The number of anilines is 3. The average Bonchev–Trinajstić information content (AvgIpc) is 2.51. The summed E-state index contributed by atoms with van der Waals surface area (Å²) in [5.41, 5.74) is 4.22. The molecule has 0 spiro atoms. The Morgan fingerprint density at radius 1 is 1.26 bits per heavy atom. The molecule has 0 aliphatic heterocycles. The Labute approximate surface area is 128 Å². The van der Waals surface area contributed by atoms with Gasteiger partial charge in [0.2, 0.25) is 11.8 Å². The number of aromatic nitrogens is 2. The number of nitrogens with two attached hydrogens (primary N) is 1. The fourth-order valence-electron chi connectivity index (χ4n) is 1.70. The van der Waals surface area contributed by atoms with Crippen molar-refractivity contribution in [3.8, 4) is 11.5 Å². The first-order valence-corrected chi connectivity index (χ1v) is 6.03. The molecule has 0 aliphatic rings. The van der Waals surface area contributed by atoms with E-state index in [2.05, 4.69) is 15.3 Å². The maximum atomic E-state index is 14.2. The van der Waals surface area contributed by atoms with Crippen LogP contribution in [0.5, 0.6) is 11.5 Å². The van der Waals surface area contributed by atoms with Gasteiger partial charge in [0.05, 0.1) is 19.1 Å². The van der Waals surface area contributed by atoms with Crippen LogP contribution >= 0.6 is 0 Å². The Kier molecular flexibility index (Phi) is 4.39. The smallest absolute Gasteiger partial charge is 0.329 e. The van der Waals surface area contributed by atoms with Gasteiger partial charge in [0.25, 0.3) is 0 Å². The third kappa shape index (κ3) is 3.02. The average molecular weight is 327 g/mol. The number of hydrogen-bond donors (Lipinski definition) is 2. The van der Waals surface area contributed by atoms with Crippen molar-refractivity contribution < 1.29 is 23.2 Å². The molecule has 0 fully saturated rings. The van der Waals surface area contributed by atoms with E-state index < -0.39 is 33.8 Å². The van der Waals surface area contributed by atoms with Crippen LogP contribution in [0.15, 0.2) is 12.3 Å². The van der Waals surface area contributed by atoms with E-state index in [0.29, 0.717) is 0 Å². The number of nitrogens with one attached hydrogen (secondary N) is 1. The van der Waals surface area contributed by atoms with Crippen molar-refractivity contribution in [2.45, 2.75) is 0 Å². The number of nitrogens with zero attached hydrogens (tertiary/aromatic N) is 3. The number of nitrogen functional groups attached to an aromatic ring is 1. The Bertz CT molecular complexity index is 743. The molecule has 0 aliphatic carbocycles. The zero-order valence-electron chi connectivity index (χ0n) is 12.0. The SMILES string of the molecule is COc1cc(OC)c(F)c(Nc2ncc([N+](=O)[O-])c(N)n2)c1F. The molecule has 1 aromatic carbocycles. The highest BCUT2D eigenvalue weighted by atomic mass is 19.1. The van der Waals surface area contributed by atoms with E-state index in [1.165, 1.54) is 14.2 Å². The monoisotopic (exact) mass is 327 g/mol. The normalized spacial score (nSPS) is 10.3. The zero-order chi connectivity index (χ0) is 17.1. The van der Waals surface area contributed by atoms with Gasteiger partial charge in [-0.3, -0.25) is 10.1 Å². The second kappa shape index (κ2) is 6.25. The summed E-state index contributed by atoms with van der Waals surface area (Å²) >= 11 is 0. The second-order valence-electron chi connectivity index (χ2n) is 4.13. The lowest BCUT2D eigenvalue weighted by Crippen LogP contribution is -2.07. The number of halogens is 2. The first-order chi connectivity index (χ1) is 10.9. The molecule has 0 amide bonds. The third-order valence-electron chi connectivity index (χ3n) is 2.81. The summed E-state index contributed by atoms with van der Waals surface area (Å²) in [6.45, 7) is 0. The minimum absolute atomic E-state index is 0.277. The van der Waals surface area contributed by atoms with E-state index in [0.717, 1.165) is 12.3 Å². The molecule has 3 N–H and O–H groups in total. The summed E-state index contributed by atoms with van der Waals surface area (Å²) in [4.78, 5) is 17.0. The number of methoxy groups -OCH3 is 2. The number of nitro groups is 1. The van der Waals surface area contributed by atoms with Crippen LogP contribution in [0, 0.1) is 21.7 Å². The summed E-state index contributed by atoms with van der Waals surface area (Å²) in [7, 11) is 2.39. The molecule has 2 rings (SSSR count). The summed E-state index contributed by atoms with van der Waals surface area (Å²) in [6, 6.07) is 1.03. The lowest BCUT2D eigenvalue weighted by atomic mass is 10.2. The molecule has 0 bridgehead atoms. The van der Waals surface area contributed by atoms with Gasteiger partial charge >= 0.3 is 5.69 Å². The van der Waals surface area contributed by atoms with Crippen LogP contribution in [0.2, 0.25) is 0 Å². The van der Waals surface area contributed by atoms with Crippen molar-refractivity contribution in [1.82, 2.24) is 9.97 Å². The van der Waals surface area contributed by atoms with Crippen LogP contribution < -0.4 is 20.5 Å². The predicted molar refractivity (Wildman–Crippen MR) is 75.8 cm³/mol. The maximum Gasteiger partial charge on any atom is 0.329 e. The fourth-order valence-corrected chi connectivity index (χ4v) is 1.70. The molecule has 1 aromatic heterocycles. The van der Waals surface area contributed by atoms with E-state index in [1.54, 1.807) is 0 Å². The van der Waals surface area contributed by atoms with E-state index in [4.69, 9.17) is 15.2 Å². The summed E-state index contributed by atoms with van der Waals surface area (Å²) in [5.74, 6) is -3.44. The van der Waals surface area contributed by atoms with Crippen molar-refractivity contribution >= 4 is 23.1 Å². The van der Waals surface area contributed by atoms with E-state index in [1.807, 2.05) is 0 Å². The number of hydrogen-bond acceptors (Lipinski definition) is 8. The van der Waals surface area contributed by atoms with Crippen molar-refractivity contribution in [3.05, 3.63) is 34.0 Å². The van der Waals surface area contributed by atoms with Crippen LogP contribution in [-0.4, -0.2) is 29.1 Å². The van der Waals surface area contributed by atoms with Crippen molar-refractivity contribution in [3.63, 3.8) is 0 Å². The number of benzene rings is 1. The molecule has 1 heterocycles. The third-order valence-corrected chi connectivity index (χ3v) is 2.81. The van der Waals surface area contributed by atoms with Gasteiger partial charge in [-0.15, -0.1) is 0 Å². The number of ether oxygens (including phenoxy) is 2. The molecule has 23 heavy (non-hydrogen) atoms. The fraction of sp³-hybridized carbons (Fsp3) is 0.167. The molecule has 122 valence electrons. The second-order valence-corrected chi connectivity index (χ2v) is 4.13. The Morgan fingerprint density at radius 3 is 2.26 bits per heavy atom.